The van der Waals surface area contributed by atoms with Gasteiger partial charge in [0.2, 0.25) is 10.0 Å². The molecule has 0 amide bonds. The fraction of sp³-hybridized carbons (Fsp3) is 0.545. The lowest BCUT2D eigenvalue weighted by atomic mass is 10.2. The monoisotopic (exact) mass is 289 g/mol. The minimum Gasteiger partial charge on any atom is -0.465 e. The number of carbonyl (C=O) groups excluding carboxylic acids is 1. The maximum atomic E-state index is 12.0. The van der Waals surface area contributed by atoms with Crippen molar-refractivity contribution in [1.29, 1.82) is 0 Å². The first kappa shape index (κ1) is 13.5. The minimum atomic E-state index is -3.20. The molecule has 18 heavy (non-hydrogen) atoms. The summed E-state index contributed by atoms with van der Waals surface area (Å²) in [5, 5.41) is 1.44. The molecule has 1 saturated heterocycles. The summed E-state index contributed by atoms with van der Waals surface area (Å²) in [5.74, 6) is -0.420. The molecule has 0 spiro atoms. The Morgan fingerprint density at radius 1 is 1.61 bits per heavy atom. The van der Waals surface area contributed by atoms with Crippen LogP contribution in [-0.2, 0) is 21.3 Å². The van der Waals surface area contributed by atoms with E-state index >= 15 is 0 Å². The standard InChI is InChI=1S/C11H15NO4S2/c1-8-3-5-12(18(8,14)15)7-10-9(4-6-17-10)11(13)16-2/h4,6,8H,3,5,7H2,1-2H3. The highest BCUT2D eigenvalue weighted by molar-refractivity contribution is 7.89. The summed E-state index contributed by atoms with van der Waals surface area (Å²) in [7, 11) is -1.89. The van der Waals surface area contributed by atoms with E-state index in [0.29, 0.717) is 18.5 Å². The molecule has 1 fully saturated rings. The Balaban J connectivity index is 2.21. The molecule has 0 N–H and O–H groups in total. The van der Waals surface area contributed by atoms with E-state index in [0.717, 1.165) is 4.88 Å². The zero-order valence-electron chi connectivity index (χ0n) is 10.3. The Kier molecular flexibility index (Phi) is 3.74. The number of rotatable bonds is 3. The van der Waals surface area contributed by atoms with E-state index in [4.69, 9.17) is 0 Å². The van der Waals surface area contributed by atoms with Crippen LogP contribution in [0.25, 0.3) is 0 Å². The van der Waals surface area contributed by atoms with Gasteiger partial charge < -0.3 is 4.74 Å². The van der Waals surface area contributed by atoms with Crippen molar-refractivity contribution in [2.24, 2.45) is 0 Å². The van der Waals surface area contributed by atoms with Crippen molar-refractivity contribution in [3.05, 3.63) is 21.9 Å². The molecule has 7 heteroatoms. The van der Waals surface area contributed by atoms with Crippen LogP contribution in [-0.4, -0.2) is 37.6 Å². The van der Waals surface area contributed by atoms with Gasteiger partial charge in [-0.1, -0.05) is 0 Å². The van der Waals surface area contributed by atoms with E-state index in [1.165, 1.54) is 22.8 Å². The summed E-state index contributed by atoms with van der Waals surface area (Å²) in [6.45, 7) is 2.49. The van der Waals surface area contributed by atoms with E-state index in [1.54, 1.807) is 18.4 Å². The molecule has 1 unspecified atom stereocenters. The summed E-state index contributed by atoms with van der Waals surface area (Å²) in [4.78, 5) is 12.2. The molecule has 0 radical (unpaired) electrons. The van der Waals surface area contributed by atoms with Crippen LogP contribution in [0.3, 0.4) is 0 Å². The van der Waals surface area contributed by atoms with Crippen molar-refractivity contribution in [1.82, 2.24) is 4.31 Å². The fourth-order valence-corrected chi connectivity index (χ4v) is 4.48. The van der Waals surface area contributed by atoms with Crippen LogP contribution in [0, 0.1) is 0 Å². The predicted octanol–water partition coefficient (Wildman–Crippen LogP) is 1.46. The predicted molar refractivity (Wildman–Crippen MR) is 69.1 cm³/mol. The van der Waals surface area contributed by atoms with Gasteiger partial charge in [0, 0.05) is 18.0 Å². The quantitative estimate of drug-likeness (QED) is 0.790. The third-order valence-corrected chi connectivity index (χ3v) is 6.31. The molecule has 0 aliphatic carbocycles. The van der Waals surface area contributed by atoms with Crippen LogP contribution in [0.15, 0.2) is 11.4 Å². The molecular weight excluding hydrogens is 274 g/mol. The smallest absolute Gasteiger partial charge is 0.339 e. The zero-order chi connectivity index (χ0) is 13.3. The summed E-state index contributed by atoms with van der Waals surface area (Å²) in [6.07, 6.45) is 0.640. The zero-order valence-corrected chi connectivity index (χ0v) is 11.9. The number of ether oxygens (including phenoxy) is 1. The molecule has 1 aliphatic heterocycles. The molecule has 2 rings (SSSR count). The molecule has 1 aromatic rings. The Morgan fingerprint density at radius 3 is 2.89 bits per heavy atom. The number of hydrogen-bond acceptors (Lipinski definition) is 5. The summed E-state index contributed by atoms with van der Waals surface area (Å²) in [5.41, 5.74) is 0.456. The Morgan fingerprint density at radius 2 is 2.33 bits per heavy atom. The van der Waals surface area contributed by atoms with Gasteiger partial charge in [-0.2, -0.15) is 4.31 Å². The molecule has 2 heterocycles. The van der Waals surface area contributed by atoms with Gasteiger partial charge in [0.25, 0.3) is 0 Å². The van der Waals surface area contributed by atoms with Gasteiger partial charge in [-0.25, -0.2) is 13.2 Å². The Hall–Kier alpha value is -0.920. The second-order valence-electron chi connectivity index (χ2n) is 4.23. The van der Waals surface area contributed by atoms with Crippen molar-refractivity contribution in [2.45, 2.75) is 25.1 Å². The third-order valence-electron chi connectivity index (χ3n) is 3.12. The van der Waals surface area contributed by atoms with Crippen LogP contribution in [0.2, 0.25) is 0 Å². The topological polar surface area (TPSA) is 63.7 Å². The number of esters is 1. The third kappa shape index (κ3) is 2.30. The van der Waals surface area contributed by atoms with Crippen LogP contribution >= 0.6 is 11.3 Å². The number of thiophene rings is 1. The largest absolute Gasteiger partial charge is 0.465 e. The first-order valence-electron chi connectivity index (χ1n) is 5.60. The summed E-state index contributed by atoms with van der Waals surface area (Å²) in [6, 6.07) is 1.66. The normalized spacial score (nSPS) is 23.1. The minimum absolute atomic E-state index is 0.259. The number of sulfonamides is 1. The van der Waals surface area contributed by atoms with Crippen LogP contribution in [0.5, 0.6) is 0 Å². The van der Waals surface area contributed by atoms with Gasteiger partial charge in [-0.3, -0.25) is 0 Å². The molecular formula is C11H15NO4S2. The second-order valence-corrected chi connectivity index (χ2v) is 7.58. The highest BCUT2D eigenvalue weighted by Gasteiger charge is 2.36. The first-order valence-corrected chi connectivity index (χ1v) is 7.98. The van der Waals surface area contributed by atoms with Gasteiger partial charge in [0.1, 0.15) is 0 Å². The highest BCUT2D eigenvalue weighted by Crippen LogP contribution is 2.27. The lowest BCUT2D eigenvalue weighted by molar-refractivity contribution is 0.0599. The lowest BCUT2D eigenvalue weighted by Crippen LogP contribution is -2.28. The average molecular weight is 289 g/mol. The van der Waals surface area contributed by atoms with Crippen LogP contribution < -0.4 is 0 Å². The molecule has 100 valence electrons. The number of carbonyl (C=O) groups is 1. The molecule has 0 aromatic carbocycles. The molecule has 0 bridgehead atoms. The van der Waals surface area contributed by atoms with Crippen molar-refractivity contribution in [2.75, 3.05) is 13.7 Å². The molecule has 1 aromatic heterocycles. The maximum absolute atomic E-state index is 12.0. The van der Waals surface area contributed by atoms with Gasteiger partial charge >= 0.3 is 5.97 Å². The number of nitrogens with zero attached hydrogens (tertiary/aromatic N) is 1. The average Bonchev–Trinajstić information content (AvgIpc) is 2.89. The van der Waals surface area contributed by atoms with Gasteiger partial charge in [0.15, 0.2) is 0 Å². The fourth-order valence-electron chi connectivity index (χ4n) is 1.94. The van der Waals surface area contributed by atoms with E-state index in [2.05, 4.69) is 4.74 Å². The van der Waals surface area contributed by atoms with Crippen molar-refractivity contribution >= 4 is 27.3 Å². The van der Waals surface area contributed by atoms with Gasteiger partial charge in [-0.05, 0) is 24.8 Å². The molecule has 5 nitrogen and oxygen atoms in total. The van der Waals surface area contributed by atoms with E-state index in [-0.39, 0.29) is 11.8 Å². The lowest BCUT2D eigenvalue weighted by Gasteiger charge is -2.15. The van der Waals surface area contributed by atoms with Crippen molar-refractivity contribution in [3.8, 4) is 0 Å². The Labute approximate surface area is 110 Å². The molecule has 1 atom stereocenters. The van der Waals surface area contributed by atoms with Gasteiger partial charge in [-0.15, -0.1) is 11.3 Å². The van der Waals surface area contributed by atoms with Crippen LogP contribution in [0.4, 0.5) is 0 Å². The van der Waals surface area contributed by atoms with E-state index in [9.17, 15) is 13.2 Å². The van der Waals surface area contributed by atoms with Gasteiger partial charge in [0.05, 0.1) is 17.9 Å². The van der Waals surface area contributed by atoms with E-state index in [1.807, 2.05) is 0 Å². The molecule has 1 aliphatic rings. The Bertz CT molecular complexity index is 549. The van der Waals surface area contributed by atoms with Crippen LogP contribution in [0.1, 0.15) is 28.6 Å². The molecule has 0 saturated carbocycles. The second kappa shape index (κ2) is 4.99. The maximum Gasteiger partial charge on any atom is 0.339 e. The highest BCUT2D eigenvalue weighted by atomic mass is 32.2. The number of methoxy groups -OCH3 is 1. The first-order chi connectivity index (χ1) is 8.46. The van der Waals surface area contributed by atoms with E-state index < -0.39 is 16.0 Å². The number of hydrogen-bond donors (Lipinski definition) is 0. The van der Waals surface area contributed by atoms with Crippen molar-refractivity contribution in [3.63, 3.8) is 0 Å². The summed E-state index contributed by atoms with van der Waals surface area (Å²) < 4.78 is 30.1. The summed E-state index contributed by atoms with van der Waals surface area (Å²) >= 11 is 1.38. The van der Waals surface area contributed by atoms with Crippen molar-refractivity contribution < 1.29 is 17.9 Å². The SMILES string of the molecule is COC(=O)c1ccsc1CN1CCC(C)S1(=O)=O.